The lowest BCUT2D eigenvalue weighted by atomic mass is 10.3. The molecule has 0 aliphatic heterocycles. The Hall–Kier alpha value is -2.29. The van der Waals surface area contributed by atoms with E-state index in [1.807, 2.05) is 24.3 Å². The van der Waals surface area contributed by atoms with E-state index in [9.17, 15) is 0 Å². The Labute approximate surface area is 101 Å². The van der Waals surface area contributed by atoms with Crippen molar-refractivity contribution in [3.63, 3.8) is 0 Å². The van der Waals surface area contributed by atoms with Gasteiger partial charge in [0.05, 0.1) is 0 Å². The molecule has 1 aromatic carbocycles. The van der Waals surface area contributed by atoms with Crippen LogP contribution in [0.25, 0.3) is 0 Å². The molecule has 3 nitrogen and oxygen atoms in total. The minimum absolute atomic E-state index is 0.0764. The van der Waals surface area contributed by atoms with E-state index in [1.165, 1.54) is 12.1 Å². The van der Waals surface area contributed by atoms with Gasteiger partial charge in [0.1, 0.15) is 0 Å². The van der Waals surface area contributed by atoms with Gasteiger partial charge in [0.15, 0.2) is 11.5 Å². The van der Waals surface area contributed by atoms with Gasteiger partial charge in [-0.1, -0.05) is 24.3 Å². The Kier molecular flexibility index (Phi) is 5.31. The molecule has 2 N–H and O–H groups in total. The summed E-state index contributed by atoms with van der Waals surface area (Å²) < 4.78 is 0. The summed E-state index contributed by atoms with van der Waals surface area (Å²) in [6.45, 7) is 3.62. The molecule has 0 amide bonds. The number of hydrogen-bond donors (Lipinski definition) is 2. The molecule has 0 aliphatic carbocycles. The van der Waals surface area contributed by atoms with Crippen LogP contribution in [0.3, 0.4) is 0 Å². The van der Waals surface area contributed by atoms with Crippen LogP contribution in [0, 0.1) is 0 Å². The first-order valence-corrected chi connectivity index (χ1v) is 5.22. The van der Waals surface area contributed by atoms with E-state index in [-0.39, 0.29) is 11.5 Å². The predicted molar refractivity (Wildman–Crippen MR) is 67.9 cm³/mol. The highest BCUT2D eigenvalue weighted by Crippen LogP contribution is 2.21. The zero-order chi connectivity index (χ0) is 12.5. The normalized spacial score (nSPS) is 8.94. The Bertz CT molecular complexity index is 434. The molecule has 17 heavy (non-hydrogen) atoms. The highest BCUT2D eigenvalue weighted by Gasteiger charge is 1.90. The first-order chi connectivity index (χ1) is 8.24. The van der Waals surface area contributed by atoms with Crippen molar-refractivity contribution in [1.29, 1.82) is 0 Å². The molecule has 88 valence electrons. The molecule has 0 radical (unpaired) electrons. The Morgan fingerprint density at radius 2 is 1.59 bits per heavy atom. The quantitative estimate of drug-likeness (QED) is 0.615. The first-order valence-electron chi connectivity index (χ1n) is 5.22. The van der Waals surface area contributed by atoms with Crippen molar-refractivity contribution in [2.24, 2.45) is 0 Å². The van der Waals surface area contributed by atoms with Crippen LogP contribution in [0.5, 0.6) is 11.5 Å². The van der Waals surface area contributed by atoms with E-state index in [0.717, 1.165) is 12.1 Å². The average Bonchev–Trinajstić information content (AvgIpc) is 2.36. The van der Waals surface area contributed by atoms with Gasteiger partial charge in [-0.05, 0) is 24.3 Å². The molecular weight excluding hydrogens is 214 g/mol. The molecule has 2 rings (SSSR count). The van der Waals surface area contributed by atoms with Gasteiger partial charge in [0, 0.05) is 18.3 Å². The van der Waals surface area contributed by atoms with Crippen molar-refractivity contribution in [3.8, 4) is 11.5 Å². The van der Waals surface area contributed by atoms with E-state index in [0.29, 0.717) is 0 Å². The number of nitrogens with zero attached hydrogens (tertiary/aromatic N) is 1. The van der Waals surface area contributed by atoms with Crippen molar-refractivity contribution in [2.45, 2.75) is 6.42 Å². The molecule has 0 saturated heterocycles. The lowest BCUT2D eigenvalue weighted by Gasteiger charge is -1.91. The molecule has 0 atom stereocenters. The van der Waals surface area contributed by atoms with Crippen LogP contribution in [0.2, 0.25) is 0 Å². The summed E-state index contributed by atoms with van der Waals surface area (Å²) in [7, 11) is 0. The van der Waals surface area contributed by atoms with Crippen molar-refractivity contribution in [1.82, 2.24) is 4.98 Å². The number of pyridine rings is 1. The molecule has 0 spiro atoms. The Morgan fingerprint density at radius 3 is 2.00 bits per heavy atom. The molecule has 0 fully saturated rings. The van der Waals surface area contributed by atoms with E-state index in [1.54, 1.807) is 18.3 Å². The van der Waals surface area contributed by atoms with Crippen molar-refractivity contribution in [2.75, 3.05) is 0 Å². The molecule has 3 heteroatoms. The monoisotopic (exact) mass is 229 g/mol. The second-order valence-electron chi connectivity index (χ2n) is 3.30. The number of aromatic hydroxyl groups is 2. The molecule has 1 aromatic heterocycles. The number of phenols is 2. The van der Waals surface area contributed by atoms with Crippen LogP contribution in [0.1, 0.15) is 5.69 Å². The molecular formula is C14H15NO2. The van der Waals surface area contributed by atoms with E-state index >= 15 is 0 Å². The maximum absolute atomic E-state index is 8.67. The highest BCUT2D eigenvalue weighted by molar-refractivity contribution is 5.36. The van der Waals surface area contributed by atoms with Gasteiger partial charge < -0.3 is 10.2 Å². The Balaban J connectivity index is 0.000000171. The summed E-state index contributed by atoms with van der Waals surface area (Å²) >= 11 is 0. The van der Waals surface area contributed by atoms with Crippen molar-refractivity contribution >= 4 is 0 Å². The number of para-hydroxylation sites is 2. The van der Waals surface area contributed by atoms with Crippen LogP contribution >= 0.6 is 0 Å². The standard InChI is InChI=1S/C8H9N.C6H6O2/c1-2-5-8-6-3-4-7-9-8;7-5-3-1-2-4-6(5)8/h2-4,6-7H,1,5H2;1-4,7-8H. The third-order valence-corrected chi connectivity index (χ3v) is 1.96. The van der Waals surface area contributed by atoms with Crippen LogP contribution in [-0.4, -0.2) is 15.2 Å². The molecule has 1 heterocycles. The molecule has 2 aromatic rings. The van der Waals surface area contributed by atoms with Crippen molar-refractivity contribution in [3.05, 3.63) is 67.0 Å². The fourth-order valence-electron chi connectivity index (χ4n) is 1.13. The summed E-state index contributed by atoms with van der Waals surface area (Å²) in [6.07, 6.45) is 4.50. The van der Waals surface area contributed by atoms with E-state index in [4.69, 9.17) is 10.2 Å². The maximum atomic E-state index is 8.67. The van der Waals surface area contributed by atoms with Gasteiger partial charge >= 0.3 is 0 Å². The third-order valence-electron chi connectivity index (χ3n) is 1.96. The summed E-state index contributed by atoms with van der Waals surface area (Å²) in [5.74, 6) is -0.153. The van der Waals surface area contributed by atoms with Crippen LogP contribution in [-0.2, 0) is 6.42 Å². The van der Waals surface area contributed by atoms with Gasteiger partial charge in [-0.2, -0.15) is 0 Å². The number of hydrogen-bond acceptors (Lipinski definition) is 3. The SMILES string of the molecule is C=CCc1ccccn1.Oc1ccccc1O. The zero-order valence-corrected chi connectivity index (χ0v) is 9.45. The van der Waals surface area contributed by atoms with Gasteiger partial charge in [-0.25, -0.2) is 0 Å². The highest BCUT2D eigenvalue weighted by atomic mass is 16.3. The van der Waals surface area contributed by atoms with E-state index < -0.39 is 0 Å². The van der Waals surface area contributed by atoms with Gasteiger partial charge in [-0.3, -0.25) is 4.98 Å². The minimum atomic E-state index is -0.0764. The number of aromatic nitrogens is 1. The van der Waals surface area contributed by atoms with Gasteiger partial charge in [0.2, 0.25) is 0 Å². The molecule has 0 bridgehead atoms. The van der Waals surface area contributed by atoms with Crippen LogP contribution in [0.4, 0.5) is 0 Å². The zero-order valence-electron chi connectivity index (χ0n) is 9.45. The topological polar surface area (TPSA) is 53.4 Å². The van der Waals surface area contributed by atoms with Gasteiger partial charge in [0.25, 0.3) is 0 Å². The molecule has 0 unspecified atom stereocenters. The number of rotatable bonds is 2. The van der Waals surface area contributed by atoms with E-state index in [2.05, 4.69) is 11.6 Å². The predicted octanol–water partition coefficient (Wildman–Crippen LogP) is 2.91. The van der Waals surface area contributed by atoms with Crippen LogP contribution in [0.15, 0.2) is 61.3 Å². The lowest BCUT2D eigenvalue weighted by Crippen LogP contribution is -1.82. The lowest BCUT2D eigenvalue weighted by molar-refractivity contribution is 0.404. The van der Waals surface area contributed by atoms with Crippen molar-refractivity contribution < 1.29 is 10.2 Å². The first kappa shape index (κ1) is 12.8. The maximum Gasteiger partial charge on any atom is 0.157 e. The van der Waals surface area contributed by atoms with Crippen LogP contribution < -0.4 is 0 Å². The Morgan fingerprint density at radius 1 is 1.00 bits per heavy atom. The summed E-state index contributed by atoms with van der Waals surface area (Å²) in [6, 6.07) is 12.0. The summed E-state index contributed by atoms with van der Waals surface area (Å²) in [5, 5.41) is 17.3. The largest absolute Gasteiger partial charge is 0.504 e. The smallest absolute Gasteiger partial charge is 0.157 e. The molecule has 0 aliphatic rings. The number of phenolic OH excluding ortho intramolecular Hbond substituents is 2. The fourth-order valence-corrected chi connectivity index (χ4v) is 1.13. The molecule has 0 saturated carbocycles. The fraction of sp³-hybridized carbons (Fsp3) is 0.0714. The second kappa shape index (κ2) is 7.06. The van der Waals surface area contributed by atoms with Gasteiger partial charge in [-0.15, -0.1) is 6.58 Å². The third kappa shape index (κ3) is 4.84. The summed E-state index contributed by atoms with van der Waals surface area (Å²) in [5.41, 5.74) is 1.08. The second-order valence-corrected chi connectivity index (χ2v) is 3.30. The summed E-state index contributed by atoms with van der Waals surface area (Å²) in [4.78, 5) is 4.10. The minimum Gasteiger partial charge on any atom is -0.504 e. The number of benzene rings is 1. The number of allylic oxidation sites excluding steroid dienone is 1. The average molecular weight is 229 g/mol.